The first kappa shape index (κ1) is 11.5. The van der Waals surface area contributed by atoms with E-state index in [9.17, 15) is 0 Å². The molecule has 2 rings (SSSR count). The van der Waals surface area contributed by atoms with Gasteiger partial charge in [-0.1, -0.05) is 0 Å². The van der Waals surface area contributed by atoms with Gasteiger partial charge in [-0.3, -0.25) is 0 Å². The van der Waals surface area contributed by atoms with E-state index < -0.39 is 0 Å². The molecule has 1 aromatic rings. The van der Waals surface area contributed by atoms with Crippen molar-refractivity contribution in [2.24, 2.45) is 0 Å². The molecule has 90 valence electrons. The monoisotopic (exact) mass is 223 g/mol. The standard InChI is InChI=1S/C12H21N3O/c1-4-15-7-6-13-11(15)14-10-5-8-16-12(2,3)9-10/h6-7,10H,4-5,8-9H2,1-3H3,(H,13,14). The second-order valence-corrected chi connectivity index (χ2v) is 4.98. The average molecular weight is 223 g/mol. The molecule has 0 aromatic carbocycles. The molecule has 0 amide bonds. The zero-order valence-corrected chi connectivity index (χ0v) is 10.4. The fourth-order valence-electron chi connectivity index (χ4n) is 2.24. The lowest BCUT2D eigenvalue weighted by Gasteiger charge is -2.36. The second-order valence-electron chi connectivity index (χ2n) is 4.98. The van der Waals surface area contributed by atoms with E-state index in [4.69, 9.17) is 4.74 Å². The number of nitrogens with one attached hydrogen (secondary N) is 1. The van der Waals surface area contributed by atoms with Crippen LogP contribution in [0, 0.1) is 0 Å². The van der Waals surface area contributed by atoms with E-state index in [1.165, 1.54) is 0 Å². The predicted octanol–water partition coefficient (Wildman–Crippen LogP) is 2.27. The molecule has 0 saturated carbocycles. The van der Waals surface area contributed by atoms with Crippen LogP contribution in [-0.4, -0.2) is 27.8 Å². The summed E-state index contributed by atoms with van der Waals surface area (Å²) in [6.45, 7) is 8.20. The third-order valence-corrected chi connectivity index (χ3v) is 3.09. The Bertz CT molecular complexity index is 346. The van der Waals surface area contributed by atoms with E-state index in [0.717, 1.165) is 31.9 Å². The van der Waals surface area contributed by atoms with Crippen LogP contribution < -0.4 is 5.32 Å². The molecule has 1 aromatic heterocycles. The lowest BCUT2D eigenvalue weighted by atomic mass is 9.94. The number of hydrogen-bond donors (Lipinski definition) is 1. The maximum absolute atomic E-state index is 5.70. The minimum absolute atomic E-state index is 0.0143. The molecule has 1 aliphatic heterocycles. The Kier molecular flexibility index (Phi) is 3.19. The van der Waals surface area contributed by atoms with Gasteiger partial charge < -0.3 is 14.6 Å². The van der Waals surface area contributed by atoms with Crippen LogP contribution in [0.15, 0.2) is 12.4 Å². The highest BCUT2D eigenvalue weighted by Gasteiger charge is 2.29. The van der Waals surface area contributed by atoms with Gasteiger partial charge in [-0.15, -0.1) is 0 Å². The number of ether oxygens (including phenoxy) is 1. The molecule has 16 heavy (non-hydrogen) atoms. The fourth-order valence-corrected chi connectivity index (χ4v) is 2.24. The topological polar surface area (TPSA) is 39.1 Å². The van der Waals surface area contributed by atoms with Crippen molar-refractivity contribution in [2.45, 2.75) is 51.8 Å². The zero-order valence-electron chi connectivity index (χ0n) is 10.4. The highest BCUT2D eigenvalue weighted by atomic mass is 16.5. The fraction of sp³-hybridized carbons (Fsp3) is 0.750. The Hall–Kier alpha value is -1.03. The number of aromatic nitrogens is 2. The first-order valence-electron chi connectivity index (χ1n) is 6.02. The van der Waals surface area contributed by atoms with Gasteiger partial charge in [-0.05, 0) is 33.6 Å². The molecule has 0 spiro atoms. The van der Waals surface area contributed by atoms with Crippen LogP contribution in [0.2, 0.25) is 0 Å². The number of imidazole rings is 1. The van der Waals surface area contributed by atoms with Gasteiger partial charge in [0, 0.05) is 31.6 Å². The van der Waals surface area contributed by atoms with E-state index >= 15 is 0 Å². The first-order chi connectivity index (χ1) is 7.61. The number of anilines is 1. The van der Waals surface area contributed by atoms with E-state index in [2.05, 4.69) is 35.6 Å². The largest absolute Gasteiger partial charge is 0.375 e. The van der Waals surface area contributed by atoms with Crippen LogP contribution in [0.25, 0.3) is 0 Å². The summed E-state index contributed by atoms with van der Waals surface area (Å²) in [5.41, 5.74) is -0.0143. The van der Waals surface area contributed by atoms with Crippen LogP contribution in [-0.2, 0) is 11.3 Å². The van der Waals surface area contributed by atoms with Crippen molar-refractivity contribution in [3.8, 4) is 0 Å². The zero-order chi connectivity index (χ0) is 11.6. The molecule has 1 fully saturated rings. The average Bonchev–Trinajstić information content (AvgIpc) is 2.63. The third-order valence-electron chi connectivity index (χ3n) is 3.09. The van der Waals surface area contributed by atoms with Gasteiger partial charge in [-0.2, -0.15) is 0 Å². The Morgan fingerprint density at radius 1 is 1.62 bits per heavy atom. The summed E-state index contributed by atoms with van der Waals surface area (Å²) in [4.78, 5) is 4.34. The Balaban J connectivity index is 1.99. The molecule has 4 heteroatoms. The molecule has 1 atom stereocenters. The lowest BCUT2D eigenvalue weighted by Crippen LogP contribution is -2.40. The Morgan fingerprint density at radius 2 is 2.44 bits per heavy atom. The molecule has 0 radical (unpaired) electrons. The van der Waals surface area contributed by atoms with Gasteiger partial charge in [0.1, 0.15) is 0 Å². The van der Waals surface area contributed by atoms with Crippen LogP contribution >= 0.6 is 0 Å². The summed E-state index contributed by atoms with van der Waals surface area (Å²) in [6.07, 6.45) is 5.94. The number of aryl methyl sites for hydroxylation is 1. The minimum Gasteiger partial charge on any atom is -0.375 e. The normalized spacial score (nSPS) is 24.3. The number of rotatable bonds is 3. The maximum atomic E-state index is 5.70. The highest BCUT2D eigenvalue weighted by molar-refractivity contribution is 5.27. The van der Waals surface area contributed by atoms with Crippen molar-refractivity contribution in [3.63, 3.8) is 0 Å². The highest BCUT2D eigenvalue weighted by Crippen LogP contribution is 2.25. The van der Waals surface area contributed by atoms with Crippen molar-refractivity contribution in [1.82, 2.24) is 9.55 Å². The molecule has 4 nitrogen and oxygen atoms in total. The SMILES string of the molecule is CCn1ccnc1NC1CCOC(C)(C)C1. The predicted molar refractivity (Wildman–Crippen MR) is 64.6 cm³/mol. The summed E-state index contributed by atoms with van der Waals surface area (Å²) in [7, 11) is 0. The molecule has 1 unspecified atom stereocenters. The molecular weight excluding hydrogens is 202 g/mol. The molecule has 2 heterocycles. The third kappa shape index (κ3) is 2.55. The van der Waals surface area contributed by atoms with Gasteiger partial charge in [0.25, 0.3) is 0 Å². The van der Waals surface area contributed by atoms with Crippen molar-refractivity contribution in [2.75, 3.05) is 11.9 Å². The number of hydrogen-bond acceptors (Lipinski definition) is 3. The quantitative estimate of drug-likeness (QED) is 0.854. The molecule has 1 N–H and O–H groups in total. The maximum Gasteiger partial charge on any atom is 0.202 e. The van der Waals surface area contributed by atoms with Gasteiger partial charge in [0.05, 0.1) is 5.60 Å². The van der Waals surface area contributed by atoms with Gasteiger partial charge >= 0.3 is 0 Å². The van der Waals surface area contributed by atoms with Gasteiger partial charge in [-0.25, -0.2) is 4.98 Å². The summed E-state index contributed by atoms with van der Waals surface area (Å²) in [5.74, 6) is 0.977. The van der Waals surface area contributed by atoms with Crippen molar-refractivity contribution in [1.29, 1.82) is 0 Å². The first-order valence-corrected chi connectivity index (χ1v) is 6.02. The van der Waals surface area contributed by atoms with Gasteiger partial charge in [0.2, 0.25) is 5.95 Å². The molecule has 0 bridgehead atoms. The number of nitrogens with zero attached hydrogens (tertiary/aromatic N) is 2. The Labute approximate surface area is 97.0 Å². The van der Waals surface area contributed by atoms with E-state index in [1.807, 2.05) is 12.4 Å². The van der Waals surface area contributed by atoms with E-state index in [0.29, 0.717) is 6.04 Å². The summed E-state index contributed by atoms with van der Waals surface area (Å²) in [5, 5.41) is 3.51. The van der Waals surface area contributed by atoms with Crippen LogP contribution in [0.3, 0.4) is 0 Å². The van der Waals surface area contributed by atoms with Gasteiger partial charge in [0.15, 0.2) is 0 Å². The second kappa shape index (κ2) is 4.45. The van der Waals surface area contributed by atoms with Crippen LogP contribution in [0.4, 0.5) is 5.95 Å². The van der Waals surface area contributed by atoms with Crippen LogP contribution in [0.5, 0.6) is 0 Å². The molecule has 0 aliphatic carbocycles. The van der Waals surface area contributed by atoms with E-state index in [-0.39, 0.29) is 5.60 Å². The van der Waals surface area contributed by atoms with Crippen molar-refractivity contribution in [3.05, 3.63) is 12.4 Å². The summed E-state index contributed by atoms with van der Waals surface area (Å²) >= 11 is 0. The molecular formula is C12H21N3O. The van der Waals surface area contributed by atoms with Crippen molar-refractivity contribution >= 4 is 5.95 Å². The minimum atomic E-state index is -0.0143. The van der Waals surface area contributed by atoms with Crippen LogP contribution in [0.1, 0.15) is 33.6 Å². The molecule has 1 saturated heterocycles. The molecule has 1 aliphatic rings. The van der Waals surface area contributed by atoms with E-state index in [1.54, 1.807) is 0 Å². The smallest absolute Gasteiger partial charge is 0.202 e. The lowest BCUT2D eigenvalue weighted by molar-refractivity contribution is -0.0554. The van der Waals surface area contributed by atoms with Crippen molar-refractivity contribution < 1.29 is 4.74 Å². The Morgan fingerprint density at radius 3 is 3.12 bits per heavy atom. The summed E-state index contributed by atoms with van der Waals surface area (Å²) < 4.78 is 7.83. The summed E-state index contributed by atoms with van der Waals surface area (Å²) in [6, 6.07) is 0.469.